The molecule has 0 aromatic carbocycles. The standard InChI is InChI=1S/C15H22ClN3O3/c1-10-8-19(9-13(10)18-3-5-21-6-4-18)14(20)7-12-11(2)17-22-15(12)16/h10,13H,3-9H2,1-2H3/t10-,13-/m1/s1. The zero-order valence-electron chi connectivity index (χ0n) is 13.0. The van der Waals surface area contributed by atoms with Crippen LogP contribution in [-0.2, 0) is 16.0 Å². The predicted octanol–water partition coefficient (Wildman–Crippen LogP) is 1.36. The van der Waals surface area contributed by atoms with Crippen molar-refractivity contribution in [2.75, 3.05) is 39.4 Å². The van der Waals surface area contributed by atoms with Gasteiger partial charge in [0.2, 0.25) is 11.1 Å². The van der Waals surface area contributed by atoms with E-state index in [0.717, 1.165) is 39.4 Å². The Bertz CT molecular complexity index is 523. The highest BCUT2D eigenvalue weighted by atomic mass is 35.5. The number of carbonyl (C=O) groups excluding carboxylic acids is 1. The quantitative estimate of drug-likeness (QED) is 0.839. The molecule has 0 radical (unpaired) electrons. The summed E-state index contributed by atoms with van der Waals surface area (Å²) in [5.74, 6) is 0.567. The van der Waals surface area contributed by atoms with Crippen molar-refractivity contribution in [1.29, 1.82) is 0 Å². The Balaban J connectivity index is 1.62. The summed E-state index contributed by atoms with van der Waals surface area (Å²) in [7, 11) is 0. The summed E-state index contributed by atoms with van der Waals surface area (Å²) < 4.78 is 10.3. The van der Waals surface area contributed by atoms with Gasteiger partial charge < -0.3 is 14.2 Å². The Kier molecular flexibility index (Phi) is 4.70. The van der Waals surface area contributed by atoms with Gasteiger partial charge in [-0.3, -0.25) is 9.69 Å². The van der Waals surface area contributed by atoms with E-state index in [1.54, 1.807) is 6.92 Å². The van der Waals surface area contributed by atoms with Gasteiger partial charge in [0.25, 0.3) is 0 Å². The summed E-state index contributed by atoms with van der Waals surface area (Å²) in [6, 6.07) is 0.423. The highest BCUT2D eigenvalue weighted by Crippen LogP contribution is 2.25. The fourth-order valence-electron chi connectivity index (χ4n) is 3.36. The van der Waals surface area contributed by atoms with Crippen molar-refractivity contribution in [1.82, 2.24) is 15.0 Å². The van der Waals surface area contributed by atoms with E-state index in [-0.39, 0.29) is 17.5 Å². The van der Waals surface area contributed by atoms with Crippen LogP contribution in [-0.4, -0.2) is 66.3 Å². The van der Waals surface area contributed by atoms with Crippen LogP contribution < -0.4 is 0 Å². The van der Waals surface area contributed by atoms with Crippen LogP contribution in [0.4, 0.5) is 0 Å². The van der Waals surface area contributed by atoms with E-state index >= 15 is 0 Å². The highest BCUT2D eigenvalue weighted by molar-refractivity contribution is 6.29. The lowest BCUT2D eigenvalue weighted by Gasteiger charge is -2.33. The van der Waals surface area contributed by atoms with Crippen LogP contribution in [0, 0.1) is 12.8 Å². The first-order chi connectivity index (χ1) is 10.6. The van der Waals surface area contributed by atoms with Gasteiger partial charge in [-0.2, -0.15) is 0 Å². The number of hydrogen-bond acceptors (Lipinski definition) is 5. The number of morpholine rings is 1. The van der Waals surface area contributed by atoms with Crippen LogP contribution in [0.3, 0.4) is 0 Å². The van der Waals surface area contributed by atoms with E-state index < -0.39 is 0 Å². The Morgan fingerprint density at radius 3 is 2.73 bits per heavy atom. The summed E-state index contributed by atoms with van der Waals surface area (Å²) in [5.41, 5.74) is 1.39. The van der Waals surface area contributed by atoms with Crippen molar-refractivity contribution < 1.29 is 14.1 Å². The first-order valence-corrected chi connectivity index (χ1v) is 8.14. The summed E-state index contributed by atoms with van der Waals surface area (Å²) >= 11 is 5.95. The summed E-state index contributed by atoms with van der Waals surface area (Å²) in [4.78, 5) is 16.9. The fourth-order valence-corrected chi connectivity index (χ4v) is 3.60. The molecule has 122 valence electrons. The van der Waals surface area contributed by atoms with Crippen LogP contribution in [0.15, 0.2) is 4.52 Å². The van der Waals surface area contributed by atoms with E-state index in [1.807, 2.05) is 4.90 Å². The smallest absolute Gasteiger partial charge is 0.229 e. The maximum absolute atomic E-state index is 12.5. The van der Waals surface area contributed by atoms with Crippen molar-refractivity contribution >= 4 is 17.5 Å². The van der Waals surface area contributed by atoms with Crippen LogP contribution >= 0.6 is 11.6 Å². The molecule has 0 bridgehead atoms. The highest BCUT2D eigenvalue weighted by Gasteiger charge is 2.36. The molecule has 2 fully saturated rings. The molecule has 6 nitrogen and oxygen atoms in total. The Labute approximate surface area is 135 Å². The first-order valence-electron chi connectivity index (χ1n) is 7.76. The lowest BCUT2D eigenvalue weighted by molar-refractivity contribution is -0.129. The molecular weight excluding hydrogens is 306 g/mol. The largest absolute Gasteiger partial charge is 0.379 e. The van der Waals surface area contributed by atoms with Gasteiger partial charge in [0.15, 0.2) is 0 Å². The summed E-state index contributed by atoms with van der Waals surface area (Å²) in [6.07, 6.45) is 0.261. The molecule has 1 aromatic rings. The van der Waals surface area contributed by atoms with Gasteiger partial charge in [-0.15, -0.1) is 0 Å². The average Bonchev–Trinajstić information content (AvgIpc) is 3.05. The molecule has 1 amide bonds. The third kappa shape index (κ3) is 3.14. The molecule has 2 saturated heterocycles. The van der Waals surface area contributed by atoms with Gasteiger partial charge in [-0.25, -0.2) is 0 Å². The molecular formula is C15H22ClN3O3. The minimum atomic E-state index is 0.0933. The molecule has 0 spiro atoms. The van der Waals surface area contributed by atoms with Crippen molar-refractivity contribution in [2.24, 2.45) is 5.92 Å². The zero-order valence-corrected chi connectivity index (χ0v) is 13.8. The van der Waals surface area contributed by atoms with Crippen molar-refractivity contribution in [3.8, 4) is 0 Å². The van der Waals surface area contributed by atoms with Gasteiger partial charge in [-0.1, -0.05) is 12.1 Å². The maximum Gasteiger partial charge on any atom is 0.229 e. The average molecular weight is 328 g/mol. The van der Waals surface area contributed by atoms with Gasteiger partial charge in [0.05, 0.1) is 25.3 Å². The Morgan fingerprint density at radius 2 is 2.09 bits per heavy atom. The van der Waals surface area contributed by atoms with Crippen LogP contribution in [0.25, 0.3) is 0 Å². The minimum Gasteiger partial charge on any atom is -0.379 e. The third-order valence-electron chi connectivity index (χ3n) is 4.70. The SMILES string of the molecule is Cc1noc(Cl)c1CC(=O)N1C[C@@H](C)[C@H](N2CCOCC2)C1. The Hall–Kier alpha value is -1.11. The molecule has 2 aliphatic heterocycles. The number of aromatic nitrogens is 1. The van der Waals surface area contributed by atoms with Crippen LogP contribution in [0.1, 0.15) is 18.2 Å². The predicted molar refractivity (Wildman–Crippen MR) is 81.9 cm³/mol. The van der Waals surface area contributed by atoms with Gasteiger partial charge in [0, 0.05) is 37.8 Å². The molecule has 0 N–H and O–H groups in total. The van der Waals surface area contributed by atoms with E-state index in [1.165, 1.54) is 0 Å². The minimum absolute atomic E-state index is 0.0933. The molecule has 7 heteroatoms. The Morgan fingerprint density at radius 1 is 1.36 bits per heavy atom. The van der Waals surface area contributed by atoms with E-state index in [9.17, 15) is 4.79 Å². The molecule has 2 atom stereocenters. The molecule has 1 aromatic heterocycles. The number of carbonyl (C=O) groups is 1. The molecule has 3 heterocycles. The zero-order chi connectivity index (χ0) is 15.7. The summed E-state index contributed by atoms with van der Waals surface area (Å²) in [6.45, 7) is 9.07. The lowest BCUT2D eigenvalue weighted by atomic mass is 10.0. The van der Waals surface area contributed by atoms with Crippen LogP contribution in [0.5, 0.6) is 0 Å². The van der Waals surface area contributed by atoms with Crippen LogP contribution in [0.2, 0.25) is 5.22 Å². The van der Waals surface area contributed by atoms with Crippen molar-refractivity contribution in [2.45, 2.75) is 26.3 Å². The number of amides is 1. The molecule has 3 rings (SSSR count). The van der Waals surface area contributed by atoms with Gasteiger partial charge in [0.1, 0.15) is 0 Å². The number of hydrogen-bond donors (Lipinski definition) is 0. The second-order valence-electron chi connectivity index (χ2n) is 6.19. The lowest BCUT2D eigenvalue weighted by Crippen LogP contribution is -2.47. The van der Waals surface area contributed by atoms with Crippen molar-refractivity contribution in [3.63, 3.8) is 0 Å². The second-order valence-corrected chi connectivity index (χ2v) is 6.53. The molecule has 22 heavy (non-hydrogen) atoms. The summed E-state index contributed by atoms with van der Waals surface area (Å²) in [5, 5.41) is 4.02. The van der Waals surface area contributed by atoms with Crippen molar-refractivity contribution in [3.05, 3.63) is 16.5 Å². The van der Waals surface area contributed by atoms with E-state index in [4.69, 9.17) is 20.9 Å². The number of halogens is 1. The number of ether oxygens (including phenoxy) is 1. The fraction of sp³-hybridized carbons (Fsp3) is 0.733. The number of nitrogens with zero attached hydrogens (tertiary/aromatic N) is 3. The second kappa shape index (κ2) is 6.56. The topological polar surface area (TPSA) is 58.8 Å². The molecule has 0 unspecified atom stereocenters. The first kappa shape index (κ1) is 15.8. The number of rotatable bonds is 3. The van der Waals surface area contributed by atoms with Gasteiger partial charge in [-0.05, 0) is 24.4 Å². The van der Waals surface area contributed by atoms with Gasteiger partial charge >= 0.3 is 0 Å². The molecule has 0 saturated carbocycles. The normalized spacial score (nSPS) is 26.6. The molecule has 2 aliphatic rings. The van der Waals surface area contributed by atoms with E-state index in [2.05, 4.69) is 17.0 Å². The van der Waals surface area contributed by atoms with E-state index in [0.29, 0.717) is 23.2 Å². The monoisotopic (exact) mass is 327 g/mol. The third-order valence-corrected chi connectivity index (χ3v) is 5.00. The maximum atomic E-state index is 12.5. The number of aryl methyl sites for hydroxylation is 1. The number of likely N-dealkylation sites (tertiary alicyclic amines) is 1. The molecule has 0 aliphatic carbocycles.